The van der Waals surface area contributed by atoms with Crippen molar-refractivity contribution in [3.63, 3.8) is 0 Å². The second-order valence-corrected chi connectivity index (χ2v) is 7.67. The Morgan fingerprint density at radius 1 is 1.42 bits per heavy atom. The number of piperidine rings is 1. The predicted octanol–water partition coefficient (Wildman–Crippen LogP) is 1.06. The Balaban J connectivity index is 2.08. The highest BCUT2D eigenvalue weighted by atomic mass is 32.2. The van der Waals surface area contributed by atoms with Crippen molar-refractivity contribution in [2.45, 2.75) is 26.8 Å². The van der Waals surface area contributed by atoms with Crippen LogP contribution in [0.5, 0.6) is 0 Å². The molecule has 1 saturated heterocycles. The van der Waals surface area contributed by atoms with Crippen LogP contribution in [0.3, 0.4) is 0 Å². The van der Waals surface area contributed by atoms with Gasteiger partial charge in [0, 0.05) is 38.4 Å². The molecule has 1 aliphatic rings. The van der Waals surface area contributed by atoms with Crippen molar-refractivity contribution in [3.8, 4) is 0 Å². The van der Waals surface area contributed by atoms with Gasteiger partial charge in [0.15, 0.2) is 0 Å². The topological polar surface area (TPSA) is 69.3 Å². The molecule has 1 aromatic rings. The van der Waals surface area contributed by atoms with Crippen molar-refractivity contribution in [1.29, 1.82) is 0 Å². The number of H-pyrrole nitrogens is 1. The molecule has 6 nitrogen and oxygen atoms in total. The summed E-state index contributed by atoms with van der Waals surface area (Å²) in [6.45, 7) is 5.78. The predicted molar refractivity (Wildman–Crippen MR) is 73.5 cm³/mol. The number of aromatic nitrogens is 2. The Morgan fingerprint density at radius 2 is 2.05 bits per heavy atom. The fourth-order valence-electron chi connectivity index (χ4n) is 2.69. The van der Waals surface area contributed by atoms with E-state index in [0.717, 1.165) is 12.0 Å². The van der Waals surface area contributed by atoms with Crippen LogP contribution >= 0.6 is 0 Å². The molecule has 2 rings (SSSR count). The first-order valence-corrected chi connectivity index (χ1v) is 7.98. The van der Waals surface area contributed by atoms with Crippen LogP contribution in [0.1, 0.15) is 25.8 Å². The first-order valence-electron chi connectivity index (χ1n) is 6.58. The van der Waals surface area contributed by atoms with Gasteiger partial charge in [-0.25, -0.2) is 0 Å². The lowest BCUT2D eigenvalue weighted by atomic mass is 9.94. The lowest BCUT2D eigenvalue weighted by Crippen LogP contribution is -2.48. The summed E-state index contributed by atoms with van der Waals surface area (Å²) in [6.07, 6.45) is 4.46. The molecular formula is C12H22N4O2S. The molecule has 0 aliphatic carbocycles. The van der Waals surface area contributed by atoms with Crippen LogP contribution in [0.2, 0.25) is 0 Å². The monoisotopic (exact) mass is 286 g/mol. The van der Waals surface area contributed by atoms with Crippen molar-refractivity contribution in [1.82, 2.24) is 18.8 Å². The van der Waals surface area contributed by atoms with Gasteiger partial charge >= 0.3 is 0 Å². The fourth-order valence-corrected chi connectivity index (χ4v) is 4.29. The summed E-state index contributed by atoms with van der Waals surface area (Å²) >= 11 is 0. The number of rotatable bonds is 4. The van der Waals surface area contributed by atoms with E-state index in [2.05, 4.69) is 24.0 Å². The van der Waals surface area contributed by atoms with Crippen LogP contribution in [0.25, 0.3) is 0 Å². The molecule has 1 N–H and O–H groups in total. The number of aromatic amines is 1. The summed E-state index contributed by atoms with van der Waals surface area (Å²) in [7, 11) is -1.76. The maximum atomic E-state index is 12.5. The number of nitrogens with one attached hydrogen (secondary N) is 1. The molecule has 0 aromatic carbocycles. The van der Waals surface area contributed by atoms with Gasteiger partial charge in [0.1, 0.15) is 0 Å². The third kappa shape index (κ3) is 3.34. The first kappa shape index (κ1) is 14.5. The molecule has 19 heavy (non-hydrogen) atoms. The van der Waals surface area contributed by atoms with Gasteiger partial charge < -0.3 is 0 Å². The van der Waals surface area contributed by atoms with E-state index in [0.29, 0.717) is 31.5 Å². The van der Waals surface area contributed by atoms with E-state index in [1.807, 2.05) is 0 Å². The Labute approximate surface area is 115 Å². The maximum absolute atomic E-state index is 12.5. The van der Waals surface area contributed by atoms with Crippen LogP contribution in [0.4, 0.5) is 0 Å². The molecule has 2 atom stereocenters. The molecule has 1 fully saturated rings. The van der Waals surface area contributed by atoms with Gasteiger partial charge in [0.2, 0.25) is 0 Å². The van der Waals surface area contributed by atoms with E-state index < -0.39 is 10.2 Å². The Hall–Kier alpha value is -0.920. The lowest BCUT2D eigenvalue weighted by molar-refractivity contribution is 0.211. The van der Waals surface area contributed by atoms with Gasteiger partial charge in [-0.15, -0.1) is 0 Å². The summed E-state index contributed by atoms with van der Waals surface area (Å²) in [5.74, 6) is 0.835. The van der Waals surface area contributed by atoms with E-state index >= 15 is 0 Å². The quantitative estimate of drug-likeness (QED) is 0.900. The van der Waals surface area contributed by atoms with Gasteiger partial charge in [-0.1, -0.05) is 13.8 Å². The summed E-state index contributed by atoms with van der Waals surface area (Å²) in [4.78, 5) is 0. The number of hydrogen-bond acceptors (Lipinski definition) is 3. The van der Waals surface area contributed by atoms with Crippen molar-refractivity contribution in [2.24, 2.45) is 11.8 Å². The molecule has 2 unspecified atom stereocenters. The zero-order chi connectivity index (χ0) is 14.0. The first-order chi connectivity index (χ1) is 8.89. The second-order valence-electron chi connectivity index (χ2n) is 5.63. The van der Waals surface area contributed by atoms with Gasteiger partial charge in [-0.3, -0.25) is 5.10 Å². The molecule has 108 valence electrons. The standard InChI is InChI=1S/C12H22N4O2S/c1-10-4-11(2)8-16(7-10)19(17,18)15(3)9-12-5-13-14-6-12/h5-6,10-11H,4,7-9H2,1-3H3,(H,13,14). The van der Waals surface area contributed by atoms with E-state index in [9.17, 15) is 8.42 Å². The highest BCUT2D eigenvalue weighted by molar-refractivity contribution is 7.86. The van der Waals surface area contributed by atoms with Crippen LogP contribution in [0, 0.1) is 11.8 Å². The molecule has 1 aliphatic heterocycles. The highest BCUT2D eigenvalue weighted by Crippen LogP contribution is 2.24. The van der Waals surface area contributed by atoms with Crippen LogP contribution in [-0.4, -0.2) is 47.4 Å². The zero-order valence-corrected chi connectivity index (χ0v) is 12.5. The molecule has 1 aromatic heterocycles. The van der Waals surface area contributed by atoms with Crippen molar-refractivity contribution < 1.29 is 8.42 Å². The molecule has 0 radical (unpaired) electrons. The molecule has 7 heteroatoms. The molecule has 2 heterocycles. The third-order valence-electron chi connectivity index (χ3n) is 3.52. The zero-order valence-electron chi connectivity index (χ0n) is 11.7. The minimum atomic E-state index is -3.38. The minimum Gasteiger partial charge on any atom is -0.285 e. The molecule has 0 saturated carbocycles. The van der Waals surface area contributed by atoms with Crippen LogP contribution in [0.15, 0.2) is 12.4 Å². The minimum absolute atomic E-state index is 0.345. The number of nitrogens with zero attached hydrogens (tertiary/aromatic N) is 3. The molecular weight excluding hydrogens is 264 g/mol. The lowest BCUT2D eigenvalue weighted by Gasteiger charge is -2.36. The highest BCUT2D eigenvalue weighted by Gasteiger charge is 2.33. The summed E-state index contributed by atoms with van der Waals surface area (Å²) in [5, 5.41) is 6.53. The Morgan fingerprint density at radius 3 is 2.58 bits per heavy atom. The molecule has 0 bridgehead atoms. The summed E-state index contributed by atoms with van der Waals surface area (Å²) < 4.78 is 28.0. The Kier molecular flexibility index (Phi) is 4.27. The van der Waals surface area contributed by atoms with Crippen molar-refractivity contribution >= 4 is 10.2 Å². The largest absolute Gasteiger partial charge is 0.285 e. The van der Waals surface area contributed by atoms with Crippen molar-refractivity contribution in [2.75, 3.05) is 20.1 Å². The van der Waals surface area contributed by atoms with E-state index in [4.69, 9.17) is 0 Å². The summed E-state index contributed by atoms with van der Waals surface area (Å²) in [5.41, 5.74) is 0.865. The van der Waals surface area contributed by atoms with Gasteiger partial charge in [-0.05, 0) is 18.3 Å². The molecule has 0 spiro atoms. The second kappa shape index (κ2) is 5.60. The average Bonchev–Trinajstić information content (AvgIpc) is 2.80. The number of hydrogen-bond donors (Lipinski definition) is 1. The normalized spacial score (nSPS) is 25.9. The fraction of sp³-hybridized carbons (Fsp3) is 0.750. The Bertz CT molecular complexity index is 490. The van der Waals surface area contributed by atoms with E-state index in [1.165, 1.54) is 4.31 Å². The third-order valence-corrected chi connectivity index (χ3v) is 5.38. The smallest absolute Gasteiger partial charge is 0.282 e. The van der Waals surface area contributed by atoms with E-state index in [1.54, 1.807) is 23.7 Å². The van der Waals surface area contributed by atoms with Crippen molar-refractivity contribution in [3.05, 3.63) is 18.0 Å². The SMILES string of the molecule is CC1CC(C)CN(S(=O)(=O)N(C)Cc2cn[nH]c2)C1. The maximum Gasteiger partial charge on any atom is 0.282 e. The van der Waals surface area contributed by atoms with E-state index in [-0.39, 0.29) is 0 Å². The summed E-state index contributed by atoms with van der Waals surface area (Å²) in [6, 6.07) is 0. The average molecular weight is 286 g/mol. The molecule has 0 amide bonds. The van der Waals surface area contributed by atoms with Gasteiger partial charge in [0.05, 0.1) is 6.20 Å². The van der Waals surface area contributed by atoms with Gasteiger partial charge in [-0.2, -0.15) is 22.1 Å². The van der Waals surface area contributed by atoms with Crippen LogP contribution in [-0.2, 0) is 16.8 Å². The van der Waals surface area contributed by atoms with Crippen LogP contribution < -0.4 is 0 Å². The van der Waals surface area contributed by atoms with Gasteiger partial charge in [0.25, 0.3) is 10.2 Å².